The van der Waals surface area contributed by atoms with Crippen molar-refractivity contribution in [2.45, 2.75) is 78.2 Å². The van der Waals surface area contributed by atoms with Crippen LogP contribution in [0.5, 0.6) is 11.5 Å². The van der Waals surface area contributed by atoms with Crippen LogP contribution >= 0.6 is 0 Å². The number of hydrogen-bond donors (Lipinski definition) is 0. The summed E-state index contributed by atoms with van der Waals surface area (Å²) in [4.78, 5) is 25.8. The topological polar surface area (TPSA) is 74.3 Å². The molecule has 0 radical (unpaired) electrons. The van der Waals surface area contributed by atoms with Crippen molar-refractivity contribution >= 4 is 25.2 Å². The highest BCUT2D eigenvalue weighted by molar-refractivity contribution is 6.32. The first-order chi connectivity index (χ1) is 19.3. The van der Waals surface area contributed by atoms with Crippen LogP contribution in [0.2, 0.25) is 0 Å². The Morgan fingerprint density at radius 3 is 2.23 bits per heavy atom. The molecule has 220 valence electrons. The Morgan fingerprint density at radius 2 is 1.50 bits per heavy atom. The van der Waals surface area contributed by atoms with Gasteiger partial charge in [-0.1, -0.05) is 36.5 Å². The van der Waals surface area contributed by atoms with Crippen LogP contribution in [0.4, 0.5) is 0 Å². The van der Waals surface area contributed by atoms with Crippen LogP contribution in [-0.4, -0.2) is 65.2 Å². The first-order valence-electron chi connectivity index (χ1n) is 14.7. The van der Waals surface area contributed by atoms with Gasteiger partial charge in [-0.25, -0.2) is 0 Å². The fourth-order valence-corrected chi connectivity index (χ4v) is 4.68. The van der Waals surface area contributed by atoms with Crippen LogP contribution < -0.4 is 14.9 Å². The maximum absolute atomic E-state index is 12.1. The van der Waals surface area contributed by atoms with Crippen LogP contribution in [-0.2, 0) is 38.4 Å². The van der Waals surface area contributed by atoms with E-state index in [1.807, 2.05) is 19.1 Å². The van der Waals surface area contributed by atoms with Gasteiger partial charge in [-0.05, 0) is 94.9 Å². The number of unbranched alkanes of at least 4 members (excludes halogenated alkanes) is 3. The zero-order valence-corrected chi connectivity index (χ0v) is 25.3. The lowest BCUT2D eigenvalue weighted by molar-refractivity contribution is -0.144. The Labute approximate surface area is 241 Å². The molecule has 0 aliphatic heterocycles. The van der Waals surface area contributed by atoms with Crippen molar-refractivity contribution in [3.63, 3.8) is 0 Å². The van der Waals surface area contributed by atoms with Crippen molar-refractivity contribution in [1.82, 2.24) is 4.90 Å². The predicted molar refractivity (Wildman–Crippen MR) is 162 cm³/mol. The highest BCUT2D eigenvalue weighted by Gasteiger charge is 2.13. The van der Waals surface area contributed by atoms with Crippen molar-refractivity contribution in [3.8, 4) is 11.5 Å². The van der Waals surface area contributed by atoms with Gasteiger partial charge in [0.15, 0.2) is 0 Å². The summed E-state index contributed by atoms with van der Waals surface area (Å²) in [7, 11) is 6.25. The van der Waals surface area contributed by atoms with Crippen LogP contribution in [0.15, 0.2) is 36.4 Å². The maximum Gasteiger partial charge on any atom is 0.306 e. The predicted octanol–water partition coefficient (Wildman–Crippen LogP) is 4.41. The van der Waals surface area contributed by atoms with Gasteiger partial charge in [0.1, 0.15) is 19.3 Å². The molecule has 0 N–H and O–H groups in total. The Kier molecular flexibility index (Phi) is 15.9. The molecule has 0 saturated heterocycles. The molecule has 0 amide bonds. The third kappa shape index (κ3) is 13.4. The standard InChI is InChI=1S/C32H48BNO6/c1-5-37-31(35)16-12-20-40-30-15-11-14-26(29(30)17-18-32(36)38-6-2)13-9-7-8-10-19-39-28-22-25(24-34(3)4)21-27(33)23-28/h11,14-15,21-23H,5-10,12-13,16-20,24,33H2,1-4H3. The zero-order chi connectivity index (χ0) is 29.2. The van der Waals surface area contributed by atoms with E-state index < -0.39 is 0 Å². The van der Waals surface area contributed by atoms with Gasteiger partial charge >= 0.3 is 11.9 Å². The average molecular weight is 554 g/mol. The molecule has 40 heavy (non-hydrogen) atoms. The molecule has 7 nitrogen and oxygen atoms in total. The first-order valence-corrected chi connectivity index (χ1v) is 14.7. The van der Waals surface area contributed by atoms with E-state index in [9.17, 15) is 9.59 Å². The molecule has 0 aliphatic carbocycles. The molecule has 8 heteroatoms. The third-order valence-corrected chi connectivity index (χ3v) is 6.42. The smallest absolute Gasteiger partial charge is 0.306 e. The van der Waals surface area contributed by atoms with Crippen molar-refractivity contribution in [2.24, 2.45) is 0 Å². The normalized spacial score (nSPS) is 10.9. The van der Waals surface area contributed by atoms with Gasteiger partial charge < -0.3 is 23.8 Å². The van der Waals surface area contributed by atoms with E-state index in [4.69, 9.17) is 18.9 Å². The molecule has 0 atom stereocenters. The molecular weight excluding hydrogens is 505 g/mol. The Morgan fingerprint density at radius 1 is 0.800 bits per heavy atom. The number of benzene rings is 2. The minimum atomic E-state index is -0.208. The molecule has 0 saturated carbocycles. The number of rotatable bonds is 20. The van der Waals surface area contributed by atoms with Gasteiger partial charge in [-0.15, -0.1) is 0 Å². The van der Waals surface area contributed by atoms with Crippen molar-refractivity contribution < 1.29 is 28.5 Å². The van der Waals surface area contributed by atoms with E-state index in [-0.39, 0.29) is 11.9 Å². The number of nitrogens with zero attached hydrogens (tertiary/aromatic N) is 1. The van der Waals surface area contributed by atoms with Crippen LogP contribution in [0.3, 0.4) is 0 Å². The Hall–Kier alpha value is -3.00. The fraction of sp³-hybridized carbons (Fsp3) is 0.562. The molecule has 0 fully saturated rings. The molecule has 2 aromatic carbocycles. The number of esters is 2. The van der Waals surface area contributed by atoms with Crippen LogP contribution in [0.25, 0.3) is 0 Å². The molecule has 0 heterocycles. The fourth-order valence-electron chi connectivity index (χ4n) is 4.68. The lowest BCUT2D eigenvalue weighted by Crippen LogP contribution is -2.14. The SMILES string of the molecule is Bc1cc(CN(C)C)cc(OCCCCCCc2cccc(OCCCC(=O)OCC)c2CCC(=O)OCC)c1. The summed E-state index contributed by atoms with van der Waals surface area (Å²) in [6.07, 6.45) is 6.98. The van der Waals surface area contributed by atoms with Crippen molar-refractivity contribution in [1.29, 1.82) is 0 Å². The van der Waals surface area contributed by atoms with Gasteiger partial charge in [0.05, 0.1) is 26.4 Å². The minimum Gasteiger partial charge on any atom is -0.494 e. The summed E-state index contributed by atoms with van der Waals surface area (Å²) in [6, 6.07) is 12.5. The van der Waals surface area contributed by atoms with Gasteiger partial charge in [0.2, 0.25) is 0 Å². The van der Waals surface area contributed by atoms with Crippen LogP contribution in [0, 0.1) is 0 Å². The lowest BCUT2D eigenvalue weighted by atomic mass is 9.94. The molecule has 0 aromatic heterocycles. The van der Waals surface area contributed by atoms with E-state index in [1.165, 1.54) is 16.6 Å². The average Bonchev–Trinajstić information content (AvgIpc) is 2.89. The number of carbonyl (C=O) groups excluding carboxylic acids is 2. The summed E-state index contributed by atoms with van der Waals surface area (Å²) in [5.74, 6) is 1.32. The molecule has 0 aliphatic rings. The second-order valence-corrected chi connectivity index (χ2v) is 10.4. The Balaban J connectivity index is 1.85. The lowest BCUT2D eigenvalue weighted by Gasteiger charge is -2.16. The second kappa shape index (κ2) is 19.1. The first kappa shape index (κ1) is 33.2. The summed E-state index contributed by atoms with van der Waals surface area (Å²) in [6.45, 7) is 6.42. The highest BCUT2D eigenvalue weighted by atomic mass is 16.5. The van der Waals surface area contributed by atoms with Crippen molar-refractivity contribution in [2.75, 3.05) is 40.5 Å². The number of ether oxygens (including phenoxy) is 4. The van der Waals surface area contributed by atoms with Gasteiger partial charge in [-0.2, -0.15) is 0 Å². The van der Waals surface area contributed by atoms with Gasteiger partial charge in [-0.3, -0.25) is 9.59 Å². The zero-order valence-electron chi connectivity index (χ0n) is 25.3. The largest absolute Gasteiger partial charge is 0.494 e. The van der Waals surface area contributed by atoms with E-state index in [2.05, 4.69) is 51.1 Å². The van der Waals surface area contributed by atoms with Gasteiger partial charge in [0.25, 0.3) is 0 Å². The monoisotopic (exact) mass is 553 g/mol. The number of hydrogen-bond acceptors (Lipinski definition) is 7. The third-order valence-electron chi connectivity index (χ3n) is 6.42. The quantitative estimate of drug-likeness (QED) is 0.137. The minimum absolute atomic E-state index is 0.201. The van der Waals surface area contributed by atoms with E-state index in [1.54, 1.807) is 6.92 Å². The Bertz CT molecular complexity index is 1040. The molecular formula is C32H48BNO6. The van der Waals surface area contributed by atoms with E-state index >= 15 is 0 Å². The highest BCUT2D eigenvalue weighted by Crippen LogP contribution is 2.26. The van der Waals surface area contributed by atoms with Gasteiger partial charge in [0, 0.05) is 19.4 Å². The summed E-state index contributed by atoms with van der Waals surface area (Å²) in [5.41, 5.74) is 4.75. The number of aryl methyl sites for hydroxylation is 1. The van der Waals surface area contributed by atoms with Crippen molar-refractivity contribution in [3.05, 3.63) is 53.1 Å². The molecule has 0 spiro atoms. The molecule has 0 unspecified atom stereocenters. The summed E-state index contributed by atoms with van der Waals surface area (Å²) >= 11 is 0. The van der Waals surface area contributed by atoms with Crippen LogP contribution in [0.1, 0.15) is 75.5 Å². The molecule has 0 bridgehead atoms. The summed E-state index contributed by atoms with van der Waals surface area (Å²) in [5, 5.41) is 0. The maximum atomic E-state index is 12.1. The second-order valence-electron chi connectivity index (χ2n) is 10.4. The van der Waals surface area contributed by atoms with E-state index in [0.717, 1.165) is 55.7 Å². The molecule has 2 aromatic rings. The molecule has 2 rings (SSSR count). The van der Waals surface area contributed by atoms with E-state index in [0.29, 0.717) is 52.1 Å². The number of carbonyl (C=O) groups is 2. The summed E-state index contributed by atoms with van der Waals surface area (Å²) < 4.78 is 22.2.